The predicted molar refractivity (Wildman–Crippen MR) is 58.8 cm³/mol. The van der Waals surface area contributed by atoms with Gasteiger partial charge >= 0.3 is 0 Å². The summed E-state index contributed by atoms with van der Waals surface area (Å²) in [6, 6.07) is 2.59. The van der Waals surface area contributed by atoms with Crippen LogP contribution in [0, 0.1) is 0 Å². The molecule has 1 unspecified atom stereocenters. The molecular formula is C9H13ClN2S. The van der Waals surface area contributed by atoms with Crippen molar-refractivity contribution in [1.82, 2.24) is 5.32 Å². The average molecular weight is 217 g/mol. The predicted octanol–water partition coefficient (Wildman–Crippen LogP) is 2.57. The molecule has 1 aliphatic rings. The monoisotopic (exact) mass is 216 g/mol. The van der Waals surface area contributed by atoms with Crippen LogP contribution < -0.4 is 10.6 Å². The van der Waals surface area contributed by atoms with E-state index in [4.69, 9.17) is 11.6 Å². The molecule has 1 atom stereocenters. The molecule has 0 saturated carbocycles. The van der Waals surface area contributed by atoms with Crippen LogP contribution in [-0.4, -0.2) is 19.1 Å². The van der Waals surface area contributed by atoms with Crippen LogP contribution in [0.15, 0.2) is 11.4 Å². The lowest BCUT2D eigenvalue weighted by Gasteiger charge is -2.24. The SMILES string of the molecule is Clc1sccc1NC1CCCNC1. The fourth-order valence-electron chi connectivity index (χ4n) is 1.59. The van der Waals surface area contributed by atoms with Crippen molar-refractivity contribution in [3.8, 4) is 0 Å². The second-order valence-electron chi connectivity index (χ2n) is 3.30. The van der Waals surface area contributed by atoms with Gasteiger partial charge in [-0.3, -0.25) is 0 Å². The molecule has 0 bridgehead atoms. The molecule has 1 saturated heterocycles. The van der Waals surface area contributed by atoms with Crippen LogP contribution in [0.1, 0.15) is 12.8 Å². The third-order valence-electron chi connectivity index (χ3n) is 2.27. The summed E-state index contributed by atoms with van der Waals surface area (Å²) < 4.78 is 0.866. The second-order valence-corrected chi connectivity index (χ2v) is 4.81. The van der Waals surface area contributed by atoms with Gasteiger partial charge in [-0.2, -0.15) is 0 Å². The van der Waals surface area contributed by atoms with Gasteiger partial charge in [0.25, 0.3) is 0 Å². The van der Waals surface area contributed by atoms with Gasteiger partial charge in [-0.1, -0.05) is 11.6 Å². The zero-order valence-corrected chi connectivity index (χ0v) is 8.92. The lowest BCUT2D eigenvalue weighted by Crippen LogP contribution is -2.38. The fourth-order valence-corrected chi connectivity index (χ4v) is 2.44. The Morgan fingerprint density at radius 3 is 3.15 bits per heavy atom. The number of nitrogens with one attached hydrogen (secondary N) is 2. The number of hydrogen-bond acceptors (Lipinski definition) is 3. The van der Waals surface area contributed by atoms with E-state index in [1.165, 1.54) is 12.8 Å². The Morgan fingerprint density at radius 1 is 1.62 bits per heavy atom. The molecule has 2 rings (SSSR count). The lowest BCUT2D eigenvalue weighted by molar-refractivity contribution is 0.480. The molecule has 1 aromatic heterocycles. The highest BCUT2D eigenvalue weighted by atomic mass is 35.5. The zero-order valence-electron chi connectivity index (χ0n) is 7.35. The van der Waals surface area contributed by atoms with Crippen molar-refractivity contribution >= 4 is 28.6 Å². The highest BCUT2D eigenvalue weighted by molar-refractivity contribution is 7.15. The molecule has 0 radical (unpaired) electrons. The summed E-state index contributed by atoms with van der Waals surface area (Å²) in [7, 11) is 0. The van der Waals surface area contributed by atoms with Gasteiger partial charge in [0.1, 0.15) is 4.34 Å². The normalized spacial score (nSPS) is 23.0. The molecule has 0 aliphatic carbocycles. The van der Waals surface area contributed by atoms with Gasteiger partial charge in [-0.25, -0.2) is 0 Å². The van der Waals surface area contributed by atoms with E-state index in [-0.39, 0.29) is 0 Å². The Morgan fingerprint density at radius 2 is 2.54 bits per heavy atom. The molecule has 2 nitrogen and oxygen atoms in total. The molecule has 1 aromatic rings. The maximum Gasteiger partial charge on any atom is 0.116 e. The van der Waals surface area contributed by atoms with Crippen LogP contribution >= 0.6 is 22.9 Å². The van der Waals surface area contributed by atoms with E-state index in [0.717, 1.165) is 23.1 Å². The van der Waals surface area contributed by atoms with Crippen LogP contribution in [-0.2, 0) is 0 Å². The molecule has 1 fully saturated rings. The first-order valence-electron chi connectivity index (χ1n) is 4.56. The van der Waals surface area contributed by atoms with Gasteiger partial charge in [0.05, 0.1) is 5.69 Å². The number of piperidine rings is 1. The quantitative estimate of drug-likeness (QED) is 0.794. The molecule has 2 N–H and O–H groups in total. The minimum Gasteiger partial charge on any atom is -0.379 e. The molecule has 4 heteroatoms. The van der Waals surface area contributed by atoms with E-state index in [0.29, 0.717) is 6.04 Å². The van der Waals surface area contributed by atoms with Gasteiger partial charge in [-0.15, -0.1) is 11.3 Å². The zero-order chi connectivity index (χ0) is 9.10. The standard InChI is InChI=1S/C9H13ClN2S/c10-9-8(3-5-13-9)12-7-2-1-4-11-6-7/h3,5,7,11-12H,1-2,4,6H2. The average Bonchev–Trinajstić information content (AvgIpc) is 2.54. The molecule has 0 aromatic carbocycles. The first-order chi connectivity index (χ1) is 6.36. The Hall–Kier alpha value is -0.250. The molecule has 13 heavy (non-hydrogen) atoms. The lowest BCUT2D eigenvalue weighted by atomic mass is 10.1. The molecule has 1 aliphatic heterocycles. The van der Waals surface area contributed by atoms with Crippen molar-refractivity contribution in [2.24, 2.45) is 0 Å². The topological polar surface area (TPSA) is 24.1 Å². The number of halogens is 1. The summed E-state index contributed by atoms with van der Waals surface area (Å²) in [4.78, 5) is 0. The summed E-state index contributed by atoms with van der Waals surface area (Å²) in [5.74, 6) is 0. The van der Waals surface area contributed by atoms with Crippen molar-refractivity contribution in [3.05, 3.63) is 15.8 Å². The third-order valence-corrected chi connectivity index (χ3v) is 3.44. The van der Waals surface area contributed by atoms with E-state index in [9.17, 15) is 0 Å². The molecule has 72 valence electrons. The van der Waals surface area contributed by atoms with E-state index < -0.39 is 0 Å². The first kappa shape index (κ1) is 9.31. The van der Waals surface area contributed by atoms with E-state index >= 15 is 0 Å². The van der Waals surface area contributed by atoms with Gasteiger partial charge in [0.2, 0.25) is 0 Å². The summed E-state index contributed by atoms with van der Waals surface area (Å²) in [6.45, 7) is 2.20. The van der Waals surface area contributed by atoms with Crippen LogP contribution in [0.5, 0.6) is 0 Å². The number of hydrogen-bond donors (Lipinski definition) is 2. The smallest absolute Gasteiger partial charge is 0.116 e. The van der Waals surface area contributed by atoms with Crippen LogP contribution in [0.3, 0.4) is 0 Å². The number of rotatable bonds is 2. The Balaban J connectivity index is 1.93. The highest BCUT2D eigenvalue weighted by Crippen LogP contribution is 2.28. The van der Waals surface area contributed by atoms with Crippen LogP contribution in [0.4, 0.5) is 5.69 Å². The number of thiophene rings is 1. The van der Waals surface area contributed by atoms with Gasteiger partial charge in [0.15, 0.2) is 0 Å². The Bertz CT molecular complexity index is 268. The van der Waals surface area contributed by atoms with E-state index in [2.05, 4.69) is 10.6 Å². The summed E-state index contributed by atoms with van der Waals surface area (Å²) in [5.41, 5.74) is 1.08. The first-order valence-corrected chi connectivity index (χ1v) is 5.82. The fraction of sp³-hybridized carbons (Fsp3) is 0.556. The third kappa shape index (κ3) is 2.36. The molecular weight excluding hydrogens is 204 g/mol. The van der Waals surface area contributed by atoms with Crippen LogP contribution in [0.2, 0.25) is 4.34 Å². The maximum absolute atomic E-state index is 5.99. The molecule has 2 heterocycles. The van der Waals surface area contributed by atoms with Gasteiger partial charge in [0, 0.05) is 12.6 Å². The van der Waals surface area contributed by atoms with Gasteiger partial charge in [-0.05, 0) is 30.8 Å². The van der Waals surface area contributed by atoms with Crippen molar-refractivity contribution in [2.75, 3.05) is 18.4 Å². The molecule has 0 spiro atoms. The summed E-state index contributed by atoms with van der Waals surface area (Å²) in [5, 5.41) is 8.82. The largest absolute Gasteiger partial charge is 0.379 e. The van der Waals surface area contributed by atoms with E-state index in [1.54, 1.807) is 11.3 Å². The van der Waals surface area contributed by atoms with E-state index in [1.807, 2.05) is 11.4 Å². The minimum absolute atomic E-state index is 0.542. The Kier molecular flexibility index (Phi) is 3.09. The van der Waals surface area contributed by atoms with Gasteiger partial charge < -0.3 is 10.6 Å². The maximum atomic E-state index is 5.99. The van der Waals surface area contributed by atoms with Crippen molar-refractivity contribution in [1.29, 1.82) is 0 Å². The van der Waals surface area contributed by atoms with Crippen LogP contribution in [0.25, 0.3) is 0 Å². The molecule has 0 amide bonds. The summed E-state index contributed by atoms with van der Waals surface area (Å²) >= 11 is 7.57. The van der Waals surface area contributed by atoms with Crippen molar-refractivity contribution in [3.63, 3.8) is 0 Å². The van der Waals surface area contributed by atoms with Crippen molar-refractivity contribution in [2.45, 2.75) is 18.9 Å². The Labute approximate surface area is 87.3 Å². The highest BCUT2D eigenvalue weighted by Gasteiger charge is 2.13. The minimum atomic E-state index is 0.542. The second kappa shape index (κ2) is 4.31. The number of anilines is 1. The van der Waals surface area contributed by atoms with Crippen molar-refractivity contribution < 1.29 is 0 Å². The summed E-state index contributed by atoms with van der Waals surface area (Å²) in [6.07, 6.45) is 2.48.